The number of benzene rings is 2. The van der Waals surface area contributed by atoms with E-state index in [1.54, 1.807) is 13.2 Å². The Labute approximate surface area is 158 Å². The highest BCUT2D eigenvalue weighted by atomic mass is 35.5. The normalized spacial score (nSPS) is 12.3. The summed E-state index contributed by atoms with van der Waals surface area (Å²) in [4.78, 5) is 12.5. The van der Waals surface area contributed by atoms with Crippen LogP contribution in [-0.4, -0.2) is 34.7 Å². The van der Waals surface area contributed by atoms with Crippen LogP contribution < -0.4 is 14.4 Å². The predicted molar refractivity (Wildman–Crippen MR) is 104 cm³/mol. The summed E-state index contributed by atoms with van der Waals surface area (Å²) >= 11 is 6.08. The van der Waals surface area contributed by atoms with E-state index < -0.39 is 10.0 Å². The van der Waals surface area contributed by atoms with E-state index in [-0.39, 0.29) is 22.7 Å². The van der Waals surface area contributed by atoms with E-state index >= 15 is 0 Å². The minimum Gasteiger partial charge on any atom is -0.497 e. The van der Waals surface area contributed by atoms with Crippen LogP contribution in [0.5, 0.6) is 5.75 Å². The molecule has 0 spiro atoms. The van der Waals surface area contributed by atoms with E-state index in [1.165, 1.54) is 19.2 Å². The molecule has 1 atom stereocenters. The smallest absolute Gasteiger partial charge is 0.251 e. The average molecular weight is 397 g/mol. The molecule has 0 radical (unpaired) electrons. The Morgan fingerprint density at radius 1 is 1.19 bits per heavy atom. The van der Waals surface area contributed by atoms with Crippen molar-refractivity contribution in [3.05, 3.63) is 58.6 Å². The van der Waals surface area contributed by atoms with Gasteiger partial charge >= 0.3 is 0 Å². The molecule has 2 aromatic carbocycles. The van der Waals surface area contributed by atoms with Gasteiger partial charge in [-0.25, -0.2) is 8.42 Å². The number of rotatable bonds is 6. The quantitative estimate of drug-likeness (QED) is 0.813. The number of nitrogens with zero attached hydrogens (tertiary/aromatic N) is 1. The molecule has 26 heavy (non-hydrogen) atoms. The molecule has 0 aliphatic rings. The molecule has 0 aliphatic carbocycles. The zero-order valence-electron chi connectivity index (χ0n) is 15.0. The largest absolute Gasteiger partial charge is 0.497 e. The third-order valence-corrected chi connectivity index (χ3v) is 5.52. The maximum atomic E-state index is 12.5. The molecule has 1 unspecified atom stereocenters. The Balaban J connectivity index is 2.21. The third kappa shape index (κ3) is 4.68. The first-order chi connectivity index (χ1) is 12.1. The van der Waals surface area contributed by atoms with Crippen molar-refractivity contribution in [1.29, 1.82) is 0 Å². The minimum absolute atomic E-state index is 0.236. The van der Waals surface area contributed by atoms with Crippen LogP contribution in [0.25, 0.3) is 0 Å². The number of amides is 1. The average Bonchev–Trinajstić information content (AvgIpc) is 2.60. The molecule has 1 N–H and O–H groups in total. The zero-order valence-corrected chi connectivity index (χ0v) is 16.6. The van der Waals surface area contributed by atoms with Crippen LogP contribution >= 0.6 is 11.6 Å². The molecule has 0 bridgehead atoms. The fourth-order valence-corrected chi connectivity index (χ4v) is 3.13. The van der Waals surface area contributed by atoms with E-state index in [0.29, 0.717) is 5.56 Å². The number of anilines is 1. The molecule has 6 nitrogen and oxygen atoms in total. The van der Waals surface area contributed by atoms with Crippen molar-refractivity contribution in [2.45, 2.75) is 13.0 Å². The van der Waals surface area contributed by atoms with Gasteiger partial charge in [0, 0.05) is 12.6 Å². The molecule has 1 amide bonds. The molecule has 0 fully saturated rings. The Morgan fingerprint density at radius 3 is 2.35 bits per heavy atom. The number of hydrogen-bond acceptors (Lipinski definition) is 4. The number of halogens is 1. The van der Waals surface area contributed by atoms with Crippen LogP contribution in [0.2, 0.25) is 5.02 Å². The van der Waals surface area contributed by atoms with Crippen molar-refractivity contribution in [3.63, 3.8) is 0 Å². The molecule has 0 aliphatic heterocycles. The molecule has 0 heterocycles. The number of methoxy groups -OCH3 is 1. The zero-order chi connectivity index (χ0) is 19.5. The van der Waals surface area contributed by atoms with Crippen molar-refractivity contribution >= 4 is 33.2 Å². The van der Waals surface area contributed by atoms with E-state index in [0.717, 1.165) is 21.9 Å². The summed E-state index contributed by atoms with van der Waals surface area (Å²) in [6, 6.07) is 11.7. The fourth-order valence-electron chi connectivity index (χ4n) is 2.33. The topological polar surface area (TPSA) is 75.7 Å². The highest BCUT2D eigenvalue weighted by Gasteiger charge is 2.18. The van der Waals surface area contributed by atoms with Crippen molar-refractivity contribution in [3.8, 4) is 5.75 Å². The molecule has 2 rings (SSSR count). The monoisotopic (exact) mass is 396 g/mol. The molecule has 0 saturated carbocycles. The van der Waals surface area contributed by atoms with Crippen molar-refractivity contribution in [2.75, 3.05) is 24.7 Å². The maximum absolute atomic E-state index is 12.5. The van der Waals surface area contributed by atoms with Gasteiger partial charge in [-0.05, 0) is 42.8 Å². The van der Waals surface area contributed by atoms with E-state index in [9.17, 15) is 13.2 Å². The lowest BCUT2D eigenvalue weighted by Gasteiger charge is -2.19. The standard InChI is InChI=1S/C18H21ClN2O4S/c1-12(13-5-8-15(25-3)9-6-13)20-18(22)14-7-10-16(19)17(11-14)21(2)26(4,23)24/h5-12H,1-4H3,(H,20,22). The summed E-state index contributed by atoms with van der Waals surface area (Å²) in [6.07, 6.45) is 1.07. The SMILES string of the molecule is COc1ccc(C(C)NC(=O)c2ccc(Cl)c(N(C)S(C)(=O)=O)c2)cc1. The lowest BCUT2D eigenvalue weighted by molar-refractivity contribution is 0.0940. The number of sulfonamides is 1. The molecule has 140 valence electrons. The number of hydrogen-bond donors (Lipinski definition) is 1. The van der Waals surface area contributed by atoms with Gasteiger partial charge in [0.1, 0.15) is 5.75 Å². The minimum atomic E-state index is -3.49. The van der Waals surface area contributed by atoms with E-state index in [2.05, 4.69) is 5.32 Å². The lowest BCUT2D eigenvalue weighted by atomic mass is 10.1. The van der Waals surface area contributed by atoms with Gasteiger partial charge < -0.3 is 10.1 Å². The van der Waals surface area contributed by atoms with Crippen molar-refractivity contribution < 1.29 is 17.9 Å². The van der Waals surface area contributed by atoms with E-state index in [1.807, 2.05) is 31.2 Å². The highest BCUT2D eigenvalue weighted by molar-refractivity contribution is 7.92. The second-order valence-electron chi connectivity index (χ2n) is 5.86. The van der Waals surface area contributed by atoms with Gasteiger partial charge in [0.2, 0.25) is 10.0 Å². The van der Waals surface area contributed by atoms with Gasteiger partial charge in [0.15, 0.2) is 0 Å². The van der Waals surface area contributed by atoms with Crippen molar-refractivity contribution in [1.82, 2.24) is 5.32 Å². The highest BCUT2D eigenvalue weighted by Crippen LogP contribution is 2.28. The van der Waals surface area contributed by atoms with Crippen LogP contribution in [0, 0.1) is 0 Å². The number of ether oxygens (including phenoxy) is 1. The summed E-state index contributed by atoms with van der Waals surface area (Å²) in [5, 5.41) is 3.13. The number of nitrogens with one attached hydrogen (secondary N) is 1. The summed E-state index contributed by atoms with van der Waals surface area (Å²) in [5.41, 5.74) is 1.49. The molecular formula is C18H21ClN2O4S. The summed E-state index contributed by atoms with van der Waals surface area (Å²) in [7, 11) is -0.512. The molecule has 0 saturated heterocycles. The van der Waals surface area contributed by atoms with Gasteiger partial charge in [0.25, 0.3) is 5.91 Å². The third-order valence-electron chi connectivity index (χ3n) is 4.01. The first-order valence-corrected chi connectivity index (χ1v) is 10.0. The first kappa shape index (κ1) is 20.1. The molecule has 0 aromatic heterocycles. The van der Waals surface area contributed by atoms with Crippen LogP contribution in [-0.2, 0) is 10.0 Å². The van der Waals surface area contributed by atoms with Gasteiger partial charge in [-0.15, -0.1) is 0 Å². The molecule has 8 heteroatoms. The Kier molecular flexibility index (Phi) is 6.15. The predicted octanol–water partition coefficient (Wildman–Crippen LogP) is 3.24. The van der Waals surface area contributed by atoms with E-state index in [4.69, 9.17) is 16.3 Å². The number of carbonyl (C=O) groups is 1. The summed E-state index contributed by atoms with van der Waals surface area (Å²) in [6.45, 7) is 1.86. The van der Waals surface area contributed by atoms with Crippen molar-refractivity contribution in [2.24, 2.45) is 0 Å². The number of carbonyl (C=O) groups excluding carboxylic acids is 1. The second kappa shape index (κ2) is 7.97. The first-order valence-electron chi connectivity index (χ1n) is 7.81. The molecular weight excluding hydrogens is 376 g/mol. The Hall–Kier alpha value is -2.25. The fraction of sp³-hybridized carbons (Fsp3) is 0.278. The summed E-state index contributed by atoms with van der Waals surface area (Å²) in [5.74, 6) is 0.409. The van der Waals surface area contributed by atoms with Crippen LogP contribution in [0.3, 0.4) is 0 Å². The van der Waals surface area contributed by atoms with Gasteiger partial charge in [0.05, 0.1) is 30.1 Å². The Bertz CT molecular complexity index is 898. The Morgan fingerprint density at radius 2 is 1.81 bits per heavy atom. The van der Waals surface area contributed by atoms with Gasteiger partial charge in [-0.1, -0.05) is 23.7 Å². The van der Waals surface area contributed by atoms with Crippen LogP contribution in [0.15, 0.2) is 42.5 Å². The van der Waals surface area contributed by atoms with Crippen LogP contribution in [0.4, 0.5) is 5.69 Å². The summed E-state index contributed by atoms with van der Waals surface area (Å²) < 4.78 is 29.6. The van der Waals surface area contributed by atoms with Gasteiger partial charge in [-0.2, -0.15) is 0 Å². The van der Waals surface area contributed by atoms with Crippen LogP contribution in [0.1, 0.15) is 28.9 Å². The van der Waals surface area contributed by atoms with Gasteiger partial charge in [-0.3, -0.25) is 9.10 Å². The lowest BCUT2D eigenvalue weighted by Crippen LogP contribution is -2.28. The molecule has 2 aromatic rings. The second-order valence-corrected chi connectivity index (χ2v) is 8.29. The maximum Gasteiger partial charge on any atom is 0.251 e.